The first-order valence-corrected chi connectivity index (χ1v) is 5.30. The summed E-state index contributed by atoms with van der Waals surface area (Å²) in [7, 11) is 0. The summed E-state index contributed by atoms with van der Waals surface area (Å²) in [5, 5.41) is 12.2. The molecule has 0 unspecified atom stereocenters. The topological polar surface area (TPSA) is 71.3 Å². The molecule has 17 heavy (non-hydrogen) atoms. The van der Waals surface area contributed by atoms with Gasteiger partial charge in [-0.1, -0.05) is 0 Å². The Balaban J connectivity index is 1.86. The summed E-state index contributed by atoms with van der Waals surface area (Å²) in [4.78, 5) is 11.3. The maximum absolute atomic E-state index is 11.3. The number of fused-ring (bicyclic) bond motifs is 1. The number of rotatable bonds is 2. The average molecular weight is 230 g/mol. The van der Waals surface area contributed by atoms with Crippen LogP contribution in [0.5, 0.6) is 0 Å². The van der Waals surface area contributed by atoms with Crippen LogP contribution < -0.4 is 5.32 Å². The molecule has 0 aliphatic carbocycles. The third-order valence-electron chi connectivity index (χ3n) is 2.98. The SMILES string of the molecule is N#CC1(Nc2ccc3c(c2)COC3=O)COC1. The lowest BCUT2D eigenvalue weighted by atomic mass is 9.98. The molecule has 0 aromatic heterocycles. The number of hydrogen-bond donors (Lipinski definition) is 1. The monoisotopic (exact) mass is 230 g/mol. The first-order valence-electron chi connectivity index (χ1n) is 5.30. The fraction of sp³-hybridized carbons (Fsp3) is 0.333. The predicted octanol–water partition coefficient (Wildman–Crippen LogP) is 1.06. The molecule has 1 aromatic rings. The third kappa shape index (κ3) is 1.54. The molecule has 0 amide bonds. The van der Waals surface area contributed by atoms with Gasteiger partial charge in [-0.15, -0.1) is 0 Å². The zero-order valence-electron chi connectivity index (χ0n) is 9.03. The van der Waals surface area contributed by atoms with Crippen molar-refractivity contribution in [3.63, 3.8) is 0 Å². The summed E-state index contributed by atoms with van der Waals surface area (Å²) in [6.45, 7) is 1.08. The van der Waals surface area contributed by atoms with Gasteiger partial charge in [0, 0.05) is 11.3 Å². The standard InChI is InChI=1S/C12H10N2O3/c13-5-12(6-16-7-12)14-9-1-2-10-8(3-9)4-17-11(10)15/h1-3,14H,4,6-7H2. The first kappa shape index (κ1) is 10.1. The van der Waals surface area contributed by atoms with Crippen molar-refractivity contribution in [1.29, 1.82) is 5.26 Å². The molecular weight excluding hydrogens is 220 g/mol. The second-order valence-electron chi connectivity index (χ2n) is 4.26. The molecule has 0 saturated carbocycles. The van der Waals surface area contributed by atoms with Crippen LogP contribution in [0.25, 0.3) is 0 Å². The highest BCUT2D eigenvalue weighted by Crippen LogP contribution is 2.27. The van der Waals surface area contributed by atoms with E-state index in [4.69, 9.17) is 14.7 Å². The Morgan fingerprint density at radius 3 is 2.88 bits per heavy atom. The van der Waals surface area contributed by atoms with Gasteiger partial charge in [0.1, 0.15) is 6.61 Å². The second kappa shape index (κ2) is 3.47. The lowest BCUT2D eigenvalue weighted by Gasteiger charge is -2.36. The maximum atomic E-state index is 11.3. The van der Waals surface area contributed by atoms with E-state index < -0.39 is 5.54 Å². The number of hydrogen-bond acceptors (Lipinski definition) is 5. The van der Waals surface area contributed by atoms with E-state index in [0.717, 1.165) is 11.3 Å². The summed E-state index contributed by atoms with van der Waals surface area (Å²) in [6, 6.07) is 7.55. The van der Waals surface area contributed by atoms with Crippen molar-refractivity contribution in [2.45, 2.75) is 12.1 Å². The summed E-state index contributed by atoms with van der Waals surface area (Å²) in [5.41, 5.74) is 1.64. The number of carbonyl (C=O) groups is 1. The van der Waals surface area contributed by atoms with Gasteiger partial charge in [0.2, 0.25) is 0 Å². The molecule has 0 bridgehead atoms. The number of carbonyl (C=O) groups excluding carboxylic acids is 1. The number of cyclic esters (lactones) is 1. The molecule has 5 nitrogen and oxygen atoms in total. The van der Waals surface area contributed by atoms with Crippen LogP contribution in [0.1, 0.15) is 15.9 Å². The molecule has 3 rings (SSSR count). The number of esters is 1. The van der Waals surface area contributed by atoms with Crippen molar-refractivity contribution < 1.29 is 14.3 Å². The van der Waals surface area contributed by atoms with Gasteiger partial charge in [-0.3, -0.25) is 0 Å². The maximum Gasteiger partial charge on any atom is 0.338 e. The lowest BCUT2D eigenvalue weighted by Crippen LogP contribution is -2.54. The van der Waals surface area contributed by atoms with E-state index in [1.807, 2.05) is 6.07 Å². The van der Waals surface area contributed by atoms with Crippen molar-refractivity contribution in [2.75, 3.05) is 18.5 Å². The summed E-state index contributed by atoms with van der Waals surface area (Å²) in [5.74, 6) is -0.284. The van der Waals surface area contributed by atoms with Gasteiger partial charge in [-0.25, -0.2) is 4.79 Å². The minimum absolute atomic E-state index is 0.284. The molecule has 0 atom stereocenters. The number of nitrogens with one attached hydrogen (secondary N) is 1. The molecule has 1 N–H and O–H groups in total. The van der Waals surface area contributed by atoms with Crippen molar-refractivity contribution >= 4 is 11.7 Å². The van der Waals surface area contributed by atoms with Crippen molar-refractivity contribution in [2.24, 2.45) is 0 Å². The molecule has 2 aliphatic heterocycles. The Morgan fingerprint density at radius 2 is 2.24 bits per heavy atom. The predicted molar refractivity (Wildman–Crippen MR) is 58.3 cm³/mol. The zero-order chi connectivity index (χ0) is 11.9. The van der Waals surface area contributed by atoms with E-state index >= 15 is 0 Å². The molecule has 0 radical (unpaired) electrons. The van der Waals surface area contributed by atoms with E-state index in [2.05, 4.69) is 11.4 Å². The van der Waals surface area contributed by atoms with Gasteiger partial charge in [-0.2, -0.15) is 5.26 Å². The number of nitrogens with zero attached hydrogens (tertiary/aromatic N) is 1. The van der Waals surface area contributed by atoms with Crippen molar-refractivity contribution in [3.05, 3.63) is 29.3 Å². The molecule has 2 aliphatic rings. The minimum Gasteiger partial charge on any atom is -0.457 e. The van der Waals surface area contributed by atoms with Gasteiger partial charge in [0.25, 0.3) is 0 Å². The van der Waals surface area contributed by atoms with Crippen LogP contribution in [0.3, 0.4) is 0 Å². The van der Waals surface area contributed by atoms with Gasteiger partial charge >= 0.3 is 5.97 Å². The zero-order valence-corrected chi connectivity index (χ0v) is 9.03. The largest absolute Gasteiger partial charge is 0.457 e. The molecule has 1 aromatic carbocycles. The summed E-state index contributed by atoms with van der Waals surface area (Å²) < 4.78 is 9.97. The Labute approximate surface area is 97.9 Å². The average Bonchev–Trinajstić information content (AvgIpc) is 2.65. The molecule has 5 heteroatoms. The Morgan fingerprint density at radius 1 is 1.41 bits per heavy atom. The van der Waals surface area contributed by atoms with E-state index in [1.54, 1.807) is 12.1 Å². The highest BCUT2D eigenvalue weighted by molar-refractivity contribution is 5.93. The van der Waals surface area contributed by atoms with E-state index in [-0.39, 0.29) is 5.97 Å². The van der Waals surface area contributed by atoms with Gasteiger partial charge in [-0.05, 0) is 18.2 Å². The molecule has 0 spiro atoms. The normalized spacial score (nSPS) is 19.8. The number of benzene rings is 1. The highest BCUT2D eigenvalue weighted by atomic mass is 16.5. The lowest BCUT2D eigenvalue weighted by molar-refractivity contribution is -0.0132. The van der Waals surface area contributed by atoms with Crippen LogP contribution in [0, 0.1) is 11.3 Å². The van der Waals surface area contributed by atoms with Gasteiger partial charge in [0.05, 0.1) is 24.8 Å². The summed E-state index contributed by atoms with van der Waals surface area (Å²) in [6.07, 6.45) is 0. The fourth-order valence-electron chi connectivity index (χ4n) is 1.96. The van der Waals surface area contributed by atoms with Crippen LogP contribution in [0.2, 0.25) is 0 Å². The van der Waals surface area contributed by atoms with Crippen LogP contribution in [0.15, 0.2) is 18.2 Å². The van der Waals surface area contributed by atoms with Crippen molar-refractivity contribution in [3.8, 4) is 6.07 Å². The van der Waals surface area contributed by atoms with E-state index in [1.165, 1.54) is 0 Å². The Kier molecular flexibility index (Phi) is 2.06. The van der Waals surface area contributed by atoms with Crippen LogP contribution in [-0.4, -0.2) is 24.7 Å². The quantitative estimate of drug-likeness (QED) is 0.769. The van der Waals surface area contributed by atoms with Gasteiger partial charge < -0.3 is 14.8 Å². The van der Waals surface area contributed by atoms with Gasteiger partial charge in [0.15, 0.2) is 5.54 Å². The number of anilines is 1. The molecule has 1 saturated heterocycles. The van der Waals surface area contributed by atoms with Crippen LogP contribution in [-0.2, 0) is 16.1 Å². The Bertz CT molecular complexity index is 529. The molecule has 86 valence electrons. The van der Waals surface area contributed by atoms with E-state index in [0.29, 0.717) is 25.4 Å². The highest BCUT2D eigenvalue weighted by Gasteiger charge is 2.39. The van der Waals surface area contributed by atoms with Crippen LogP contribution >= 0.6 is 0 Å². The number of nitriles is 1. The smallest absolute Gasteiger partial charge is 0.338 e. The minimum atomic E-state index is -0.627. The second-order valence-corrected chi connectivity index (χ2v) is 4.26. The third-order valence-corrected chi connectivity index (χ3v) is 2.98. The Hall–Kier alpha value is -2.06. The fourth-order valence-corrected chi connectivity index (χ4v) is 1.96. The van der Waals surface area contributed by atoms with Crippen molar-refractivity contribution in [1.82, 2.24) is 0 Å². The summed E-state index contributed by atoms with van der Waals surface area (Å²) >= 11 is 0. The molecule has 2 heterocycles. The molecular formula is C12H10N2O3. The van der Waals surface area contributed by atoms with Crippen LogP contribution in [0.4, 0.5) is 5.69 Å². The van der Waals surface area contributed by atoms with E-state index in [9.17, 15) is 4.79 Å². The molecule has 1 fully saturated rings. The first-order chi connectivity index (χ1) is 8.22. The number of ether oxygens (including phenoxy) is 2.